The van der Waals surface area contributed by atoms with Gasteiger partial charge in [-0.15, -0.1) is 0 Å². The summed E-state index contributed by atoms with van der Waals surface area (Å²) in [5.74, 6) is 1.41. The highest BCUT2D eigenvalue weighted by atomic mass is 16.3. The lowest BCUT2D eigenvalue weighted by atomic mass is 10.2. The highest BCUT2D eigenvalue weighted by molar-refractivity contribution is 5.95. The van der Waals surface area contributed by atoms with Crippen LogP contribution >= 0.6 is 0 Å². The fraction of sp³-hybridized carbons (Fsp3) is 0.583. The Morgan fingerprint density at radius 2 is 2.19 bits per heavy atom. The lowest BCUT2D eigenvalue weighted by Crippen LogP contribution is -2.32. The van der Waals surface area contributed by atoms with Gasteiger partial charge in [0.25, 0.3) is 5.91 Å². The van der Waals surface area contributed by atoms with Crippen LogP contribution in [0.25, 0.3) is 0 Å². The number of carbonyl (C=O) groups is 1. The fourth-order valence-corrected chi connectivity index (χ4v) is 1.69. The molecule has 1 aliphatic carbocycles. The van der Waals surface area contributed by atoms with Gasteiger partial charge in [0.2, 0.25) is 0 Å². The van der Waals surface area contributed by atoms with Gasteiger partial charge in [0.15, 0.2) is 0 Å². The first-order valence-corrected chi connectivity index (χ1v) is 5.75. The van der Waals surface area contributed by atoms with Crippen LogP contribution in [0.1, 0.15) is 34.7 Å². The van der Waals surface area contributed by atoms with Crippen LogP contribution in [0.15, 0.2) is 10.5 Å². The summed E-state index contributed by atoms with van der Waals surface area (Å²) in [6.45, 7) is 5.16. The number of carbonyl (C=O) groups excluding carboxylic acids is 1. The molecule has 1 saturated carbocycles. The second-order valence-corrected chi connectivity index (χ2v) is 4.31. The van der Waals surface area contributed by atoms with Crippen molar-refractivity contribution in [1.29, 1.82) is 0 Å². The van der Waals surface area contributed by atoms with E-state index >= 15 is 0 Å². The summed E-state index contributed by atoms with van der Waals surface area (Å²) < 4.78 is 5.31. The molecule has 1 aromatic heterocycles. The normalized spacial score (nSPS) is 15.1. The van der Waals surface area contributed by atoms with Gasteiger partial charge in [0, 0.05) is 19.1 Å². The van der Waals surface area contributed by atoms with Gasteiger partial charge in [0.1, 0.15) is 11.5 Å². The maximum atomic E-state index is 11.7. The molecule has 4 heteroatoms. The predicted octanol–water partition coefficient (Wildman–Crippen LogP) is 1.38. The lowest BCUT2D eigenvalue weighted by Gasteiger charge is -2.04. The van der Waals surface area contributed by atoms with Crippen molar-refractivity contribution in [2.75, 3.05) is 13.1 Å². The molecule has 0 bridgehead atoms. The van der Waals surface area contributed by atoms with Gasteiger partial charge in [-0.05, 0) is 32.8 Å². The average Bonchev–Trinajstić information content (AvgIpc) is 2.98. The molecular weight excluding hydrogens is 204 g/mol. The third kappa shape index (κ3) is 2.85. The van der Waals surface area contributed by atoms with Gasteiger partial charge in [-0.2, -0.15) is 0 Å². The Morgan fingerprint density at radius 1 is 1.44 bits per heavy atom. The van der Waals surface area contributed by atoms with Gasteiger partial charge in [-0.1, -0.05) is 0 Å². The third-order valence-corrected chi connectivity index (χ3v) is 2.71. The van der Waals surface area contributed by atoms with Gasteiger partial charge in [0.05, 0.1) is 5.56 Å². The molecule has 1 amide bonds. The molecule has 4 nitrogen and oxygen atoms in total. The van der Waals surface area contributed by atoms with Crippen molar-refractivity contribution >= 4 is 5.91 Å². The summed E-state index contributed by atoms with van der Waals surface area (Å²) >= 11 is 0. The van der Waals surface area contributed by atoms with E-state index in [4.69, 9.17) is 4.42 Å². The SMILES string of the molecule is Cc1cc(C(=O)NCCNC2CC2)c(C)o1. The largest absolute Gasteiger partial charge is 0.466 e. The number of amides is 1. The highest BCUT2D eigenvalue weighted by Crippen LogP contribution is 2.17. The summed E-state index contributed by atoms with van der Waals surface area (Å²) in [6, 6.07) is 2.47. The molecule has 0 saturated heterocycles. The zero-order chi connectivity index (χ0) is 11.5. The van der Waals surface area contributed by atoms with Crippen LogP contribution in [-0.2, 0) is 0 Å². The maximum absolute atomic E-state index is 11.7. The molecule has 1 aromatic rings. The number of furan rings is 1. The standard InChI is InChI=1S/C12H18N2O2/c1-8-7-11(9(2)16-8)12(15)14-6-5-13-10-3-4-10/h7,10,13H,3-6H2,1-2H3,(H,14,15). The van der Waals surface area contributed by atoms with Crippen molar-refractivity contribution in [1.82, 2.24) is 10.6 Å². The molecule has 0 spiro atoms. The highest BCUT2D eigenvalue weighted by Gasteiger charge is 2.19. The molecule has 0 aromatic carbocycles. The molecule has 0 atom stereocenters. The number of hydrogen-bond acceptors (Lipinski definition) is 3. The first-order chi connectivity index (χ1) is 7.66. The number of hydrogen-bond donors (Lipinski definition) is 2. The summed E-state index contributed by atoms with van der Waals surface area (Å²) in [7, 11) is 0. The minimum absolute atomic E-state index is 0.0491. The van der Waals surface area contributed by atoms with E-state index in [9.17, 15) is 4.79 Å². The van der Waals surface area contributed by atoms with E-state index in [1.54, 1.807) is 6.07 Å². The first kappa shape index (κ1) is 11.2. The average molecular weight is 222 g/mol. The number of aryl methyl sites for hydroxylation is 2. The molecule has 0 unspecified atom stereocenters. The van der Waals surface area contributed by atoms with E-state index in [-0.39, 0.29) is 5.91 Å². The maximum Gasteiger partial charge on any atom is 0.254 e. The Labute approximate surface area is 95.4 Å². The lowest BCUT2D eigenvalue weighted by molar-refractivity contribution is 0.0952. The molecule has 88 valence electrons. The van der Waals surface area contributed by atoms with Crippen molar-refractivity contribution in [2.24, 2.45) is 0 Å². The van der Waals surface area contributed by atoms with Crippen molar-refractivity contribution in [3.05, 3.63) is 23.2 Å². The Morgan fingerprint density at radius 3 is 2.75 bits per heavy atom. The summed E-state index contributed by atoms with van der Waals surface area (Å²) in [5.41, 5.74) is 0.643. The van der Waals surface area contributed by atoms with Crippen LogP contribution in [0, 0.1) is 13.8 Å². The van der Waals surface area contributed by atoms with Crippen molar-refractivity contribution in [3.8, 4) is 0 Å². The van der Waals surface area contributed by atoms with Gasteiger partial charge in [-0.3, -0.25) is 4.79 Å². The Kier molecular flexibility index (Phi) is 3.29. The van der Waals surface area contributed by atoms with Gasteiger partial charge in [-0.25, -0.2) is 0 Å². The molecule has 0 radical (unpaired) electrons. The predicted molar refractivity (Wildman–Crippen MR) is 61.5 cm³/mol. The zero-order valence-electron chi connectivity index (χ0n) is 9.80. The second-order valence-electron chi connectivity index (χ2n) is 4.31. The second kappa shape index (κ2) is 4.70. The molecule has 0 aliphatic heterocycles. The van der Waals surface area contributed by atoms with E-state index in [1.807, 2.05) is 13.8 Å². The third-order valence-electron chi connectivity index (χ3n) is 2.71. The Balaban J connectivity index is 1.75. The van der Waals surface area contributed by atoms with Crippen LogP contribution in [0.4, 0.5) is 0 Å². The van der Waals surface area contributed by atoms with Crippen LogP contribution in [-0.4, -0.2) is 25.0 Å². The summed E-state index contributed by atoms with van der Waals surface area (Å²) in [6.07, 6.45) is 2.54. The Hall–Kier alpha value is -1.29. The zero-order valence-corrected chi connectivity index (χ0v) is 9.80. The van der Waals surface area contributed by atoms with E-state index in [0.29, 0.717) is 23.9 Å². The van der Waals surface area contributed by atoms with Gasteiger partial charge < -0.3 is 15.1 Å². The van der Waals surface area contributed by atoms with Crippen molar-refractivity contribution in [2.45, 2.75) is 32.7 Å². The fourth-order valence-electron chi connectivity index (χ4n) is 1.69. The smallest absolute Gasteiger partial charge is 0.254 e. The minimum atomic E-state index is -0.0491. The molecule has 1 heterocycles. The van der Waals surface area contributed by atoms with Crippen LogP contribution in [0.3, 0.4) is 0 Å². The van der Waals surface area contributed by atoms with E-state index in [1.165, 1.54) is 12.8 Å². The summed E-state index contributed by atoms with van der Waals surface area (Å²) in [4.78, 5) is 11.7. The van der Waals surface area contributed by atoms with Crippen molar-refractivity contribution in [3.63, 3.8) is 0 Å². The molecular formula is C12H18N2O2. The molecule has 1 fully saturated rings. The number of nitrogens with one attached hydrogen (secondary N) is 2. The molecule has 2 N–H and O–H groups in total. The Bertz CT molecular complexity index is 380. The number of rotatable bonds is 5. The molecule has 2 rings (SSSR count). The molecule has 1 aliphatic rings. The monoisotopic (exact) mass is 222 g/mol. The van der Waals surface area contributed by atoms with E-state index < -0.39 is 0 Å². The minimum Gasteiger partial charge on any atom is -0.466 e. The van der Waals surface area contributed by atoms with E-state index in [2.05, 4.69) is 10.6 Å². The van der Waals surface area contributed by atoms with Crippen LogP contribution in [0.2, 0.25) is 0 Å². The topological polar surface area (TPSA) is 54.3 Å². The van der Waals surface area contributed by atoms with Crippen LogP contribution < -0.4 is 10.6 Å². The summed E-state index contributed by atoms with van der Waals surface area (Å²) in [5, 5.41) is 6.22. The first-order valence-electron chi connectivity index (χ1n) is 5.75. The van der Waals surface area contributed by atoms with Gasteiger partial charge >= 0.3 is 0 Å². The van der Waals surface area contributed by atoms with E-state index in [0.717, 1.165) is 12.3 Å². The molecule has 16 heavy (non-hydrogen) atoms. The van der Waals surface area contributed by atoms with Crippen molar-refractivity contribution < 1.29 is 9.21 Å². The quantitative estimate of drug-likeness (QED) is 0.740. The van der Waals surface area contributed by atoms with Crippen LogP contribution in [0.5, 0.6) is 0 Å².